The van der Waals surface area contributed by atoms with Crippen LogP contribution in [0.5, 0.6) is 0 Å². The number of urea groups is 1. The summed E-state index contributed by atoms with van der Waals surface area (Å²) in [4.78, 5) is 40.5. The third-order valence-electron chi connectivity index (χ3n) is 5.08. The minimum atomic E-state index is -4.10. The summed E-state index contributed by atoms with van der Waals surface area (Å²) < 4.78 is 40.8. The summed E-state index contributed by atoms with van der Waals surface area (Å²) in [6.07, 6.45) is 0. The van der Waals surface area contributed by atoms with Gasteiger partial charge in [-0.2, -0.15) is 0 Å². The van der Waals surface area contributed by atoms with E-state index < -0.39 is 33.1 Å². The smallest absolute Gasteiger partial charge is 0.335 e. The molecule has 182 valence electrons. The molecule has 14 heteroatoms. The number of carbonyl (C=O) groups is 1. The predicted octanol–water partition coefficient (Wildman–Crippen LogP) is 3.43. The summed E-state index contributed by atoms with van der Waals surface area (Å²) in [5.41, 5.74) is -0.818. The normalized spacial score (nSPS) is 11.4. The van der Waals surface area contributed by atoms with Crippen LogP contribution in [0.2, 0.25) is 4.34 Å². The van der Waals surface area contributed by atoms with Crippen molar-refractivity contribution in [1.82, 2.24) is 13.9 Å². The van der Waals surface area contributed by atoms with Crippen molar-refractivity contribution in [3.05, 3.63) is 79.5 Å². The highest BCUT2D eigenvalue weighted by Crippen LogP contribution is 2.28. The highest BCUT2D eigenvalue weighted by atomic mass is 35.5. The van der Waals surface area contributed by atoms with Crippen molar-refractivity contribution < 1.29 is 17.6 Å². The number of halogens is 2. The molecule has 0 saturated heterocycles. The molecule has 0 aliphatic carbocycles. The molecule has 10 nitrogen and oxygen atoms in total. The van der Waals surface area contributed by atoms with Crippen LogP contribution in [0.25, 0.3) is 16.6 Å². The van der Waals surface area contributed by atoms with Crippen molar-refractivity contribution in [2.75, 3.05) is 24.7 Å². The fraction of sp³-hybridized carbons (Fsp3) is 0.0952. The van der Waals surface area contributed by atoms with Gasteiger partial charge in [0.25, 0.3) is 15.6 Å². The monoisotopic (exact) mass is 537 g/mol. The second-order valence-corrected chi connectivity index (χ2v) is 11.1. The summed E-state index contributed by atoms with van der Waals surface area (Å²) in [5, 5.41) is 5.04. The Hall–Kier alpha value is -3.68. The highest BCUT2D eigenvalue weighted by molar-refractivity contribution is 7.91. The van der Waals surface area contributed by atoms with Gasteiger partial charge in [-0.15, -0.1) is 11.3 Å². The molecule has 2 aromatic heterocycles. The Balaban J connectivity index is 1.61. The van der Waals surface area contributed by atoms with Crippen molar-refractivity contribution in [3.63, 3.8) is 0 Å². The van der Waals surface area contributed by atoms with Crippen LogP contribution >= 0.6 is 22.9 Å². The maximum Gasteiger partial charge on any atom is 0.335 e. The van der Waals surface area contributed by atoms with Crippen LogP contribution < -0.4 is 21.9 Å². The standard InChI is InChI=1S/C21H17ClFN5O5S2/c1-24-16-10-15-13(9-14(16)23)19(29)28(21(31)26-15)12-5-3-11(4-6-12)25-20(30)27(2)35(32,33)18-8-7-17(22)34-18/h3-10,24H,1-2H3,(H,25,30)(H,26,31). The Kier molecular flexibility index (Phi) is 6.40. The summed E-state index contributed by atoms with van der Waals surface area (Å²) in [7, 11) is -1.49. The van der Waals surface area contributed by atoms with Crippen molar-refractivity contribution in [1.29, 1.82) is 0 Å². The Bertz CT molecular complexity index is 1680. The number of benzene rings is 2. The number of thiophene rings is 1. The summed E-state index contributed by atoms with van der Waals surface area (Å²) in [6, 6.07) is 9.66. The van der Waals surface area contributed by atoms with Gasteiger partial charge in [-0.25, -0.2) is 31.3 Å². The average Bonchev–Trinajstić information content (AvgIpc) is 3.27. The van der Waals surface area contributed by atoms with E-state index in [0.717, 1.165) is 29.0 Å². The van der Waals surface area contributed by atoms with E-state index in [9.17, 15) is 27.2 Å². The van der Waals surface area contributed by atoms with Gasteiger partial charge < -0.3 is 15.6 Å². The third kappa shape index (κ3) is 4.52. The fourth-order valence-electron chi connectivity index (χ4n) is 3.24. The molecule has 2 amide bonds. The van der Waals surface area contributed by atoms with Gasteiger partial charge in [0.15, 0.2) is 0 Å². The van der Waals surface area contributed by atoms with E-state index in [4.69, 9.17) is 11.6 Å². The number of nitrogens with one attached hydrogen (secondary N) is 3. The van der Waals surface area contributed by atoms with Gasteiger partial charge in [-0.3, -0.25) is 4.79 Å². The largest absolute Gasteiger partial charge is 0.386 e. The average molecular weight is 538 g/mol. The molecule has 35 heavy (non-hydrogen) atoms. The minimum absolute atomic E-state index is 0.0287. The molecule has 0 bridgehead atoms. The molecular formula is C21H17ClFN5O5S2. The SMILES string of the molecule is CNc1cc2[nH]c(=O)n(-c3ccc(NC(=O)N(C)S(=O)(=O)c4ccc(Cl)s4)cc3)c(=O)c2cc1F. The third-order valence-corrected chi connectivity index (χ3v) is 8.52. The number of aromatic amines is 1. The van der Waals surface area contributed by atoms with E-state index in [-0.39, 0.29) is 36.5 Å². The van der Waals surface area contributed by atoms with Gasteiger partial charge in [0.1, 0.15) is 10.0 Å². The summed E-state index contributed by atoms with van der Waals surface area (Å²) in [5.74, 6) is -0.655. The zero-order chi connectivity index (χ0) is 25.5. The van der Waals surface area contributed by atoms with Crippen LogP contribution in [-0.4, -0.2) is 42.4 Å². The first-order chi connectivity index (χ1) is 16.5. The highest BCUT2D eigenvalue weighted by Gasteiger charge is 2.27. The maximum atomic E-state index is 14.2. The molecule has 0 spiro atoms. The number of rotatable bonds is 5. The molecule has 0 fully saturated rings. The number of aromatic nitrogens is 2. The number of amides is 2. The minimum Gasteiger partial charge on any atom is -0.386 e. The lowest BCUT2D eigenvalue weighted by Gasteiger charge is -2.17. The number of nitrogens with zero attached hydrogens (tertiary/aromatic N) is 2. The maximum absolute atomic E-state index is 14.2. The summed E-state index contributed by atoms with van der Waals surface area (Å²) in [6.45, 7) is 0. The molecule has 2 aromatic carbocycles. The van der Waals surface area contributed by atoms with Gasteiger partial charge in [0.2, 0.25) is 0 Å². The van der Waals surface area contributed by atoms with Crippen LogP contribution in [0.15, 0.2) is 62.3 Å². The van der Waals surface area contributed by atoms with E-state index in [1.807, 2.05) is 0 Å². The van der Waals surface area contributed by atoms with Crippen molar-refractivity contribution in [2.45, 2.75) is 4.21 Å². The molecular weight excluding hydrogens is 521 g/mol. The number of anilines is 2. The summed E-state index contributed by atoms with van der Waals surface area (Å²) >= 11 is 6.60. The Labute approximate surface area is 206 Å². The Morgan fingerprint density at radius 3 is 2.43 bits per heavy atom. The van der Waals surface area contributed by atoms with Crippen molar-refractivity contribution >= 4 is 61.3 Å². The second-order valence-electron chi connectivity index (χ2n) is 7.21. The first-order valence-electron chi connectivity index (χ1n) is 9.85. The first kappa shape index (κ1) is 24.4. The van der Waals surface area contributed by atoms with Gasteiger partial charge in [0, 0.05) is 19.8 Å². The van der Waals surface area contributed by atoms with E-state index in [0.29, 0.717) is 4.31 Å². The van der Waals surface area contributed by atoms with Gasteiger partial charge in [-0.05, 0) is 48.5 Å². The molecule has 3 N–H and O–H groups in total. The molecule has 4 rings (SSSR count). The Morgan fingerprint density at radius 1 is 1.14 bits per heavy atom. The van der Waals surface area contributed by atoms with Gasteiger partial charge in [0.05, 0.1) is 26.6 Å². The zero-order valence-electron chi connectivity index (χ0n) is 18.1. The quantitative estimate of drug-likeness (QED) is 0.357. The van der Waals surface area contributed by atoms with Crippen LogP contribution in [0, 0.1) is 5.82 Å². The lowest BCUT2D eigenvalue weighted by Crippen LogP contribution is -2.36. The molecule has 0 aliphatic heterocycles. The number of hydrogen-bond acceptors (Lipinski definition) is 7. The number of carbonyl (C=O) groups excluding carboxylic acids is 1. The van der Waals surface area contributed by atoms with E-state index in [2.05, 4.69) is 15.6 Å². The molecule has 4 aromatic rings. The number of H-pyrrole nitrogens is 1. The van der Waals surface area contributed by atoms with Crippen LogP contribution in [0.1, 0.15) is 0 Å². The van der Waals surface area contributed by atoms with Crippen LogP contribution in [0.4, 0.5) is 20.6 Å². The lowest BCUT2D eigenvalue weighted by atomic mass is 10.2. The van der Waals surface area contributed by atoms with Crippen molar-refractivity contribution in [2.24, 2.45) is 0 Å². The van der Waals surface area contributed by atoms with Crippen molar-refractivity contribution in [3.8, 4) is 5.69 Å². The van der Waals surface area contributed by atoms with E-state index in [1.54, 1.807) is 0 Å². The molecule has 0 unspecified atom stereocenters. The predicted molar refractivity (Wildman–Crippen MR) is 133 cm³/mol. The van der Waals surface area contributed by atoms with Crippen LogP contribution in [-0.2, 0) is 10.0 Å². The molecule has 0 aliphatic rings. The second kappa shape index (κ2) is 9.17. The zero-order valence-corrected chi connectivity index (χ0v) is 20.5. The number of sulfonamides is 1. The molecule has 0 saturated carbocycles. The lowest BCUT2D eigenvalue weighted by molar-refractivity contribution is 0.240. The molecule has 2 heterocycles. The fourth-order valence-corrected chi connectivity index (χ4v) is 5.95. The van der Waals surface area contributed by atoms with Gasteiger partial charge >= 0.3 is 11.7 Å². The van der Waals surface area contributed by atoms with Gasteiger partial charge in [-0.1, -0.05) is 11.6 Å². The van der Waals surface area contributed by atoms with E-state index in [1.165, 1.54) is 49.5 Å². The molecule has 0 atom stereocenters. The first-order valence-corrected chi connectivity index (χ1v) is 12.5. The number of fused-ring (bicyclic) bond motifs is 1. The molecule has 0 radical (unpaired) electrons. The van der Waals surface area contributed by atoms with E-state index >= 15 is 0 Å². The van der Waals surface area contributed by atoms with Crippen LogP contribution in [0.3, 0.4) is 0 Å². The Morgan fingerprint density at radius 2 is 1.83 bits per heavy atom. The topological polar surface area (TPSA) is 133 Å². The number of hydrogen-bond donors (Lipinski definition) is 3.